The number of hydrogen-bond donors (Lipinski definition) is 1. The monoisotopic (exact) mass is 298 g/mol. The van der Waals surface area contributed by atoms with Crippen LogP contribution in [0.1, 0.15) is 35.8 Å². The molecule has 2 aromatic rings. The van der Waals surface area contributed by atoms with Crippen molar-refractivity contribution in [2.45, 2.75) is 19.9 Å². The van der Waals surface area contributed by atoms with Crippen molar-refractivity contribution in [2.75, 3.05) is 19.0 Å². The highest BCUT2D eigenvalue weighted by atomic mass is 16.2. The number of benzene rings is 1. The average molecular weight is 298 g/mol. The Morgan fingerprint density at radius 2 is 2.09 bits per heavy atom. The Balaban J connectivity index is 1.99. The van der Waals surface area contributed by atoms with Gasteiger partial charge in [-0.1, -0.05) is 6.07 Å². The third kappa shape index (κ3) is 3.97. The van der Waals surface area contributed by atoms with E-state index in [0.717, 1.165) is 11.3 Å². The summed E-state index contributed by atoms with van der Waals surface area (Å²) < 4.78 is 2.09. The maximum atomic E-state index is 12.1. The molecule has 0 bridgehead atoms. The molecule has 0 aliphatic rings. The van der Waals surface area contributed by atoms with Crippen LogP contribution < -0.4 is 10.3 Å². The maximum absolute atomic E-state index is 12.1. The van der Waals surface area contributed by atoms with Crippen LogP contribution in [0.5, 0.6) is 0 Å². The molecule has 0 aliphatic heterocycles. The van der Waals surface area contributed by atoms with Crippen LogP contribution in [0.3, 0.4) is 0 Å². The lowest BCUT2D eigenvalue weighted by atomic mass is 10.2. The van der Waals surface area contributed by atoms with Gasteiger partial charge in [0.05, 0.1) is 6.21 Å². The SMILES string of the molecule is CC(C)n1ccc(/C=N\NC(=O)c2cccc(N(C)C)c2)c1. The number of anilines is 1. The molecule has 5 nitrogen and oxygen atoms in total. The van der Waals surface area contributed by atoms with Crippen LogP contribution >= 0.6 is 0 Å². The summed E-state index contributed by atoms with van der Waals surface area (Å²) in [5.41, 5.74) is 5.07. The van der Waals surface area contributed by atoms with E-state index >= 15 is 0 Å². The zero-order chi connectivity index (χ0) is 16.1. The molecule has 0 saturated carbocycles. The Bertz CT molecular complexity index is 671. The number of aromatic nitrogens is 1. The van der Waals surface area contributed by atoms with Crippen LogP contribution in [0, 0.1) is 0 Å². The summed E-state index contributed by atoms with van der Waals surface area (Å²) >= 11 is 0. The Kier molecular flexibility index (Phi) is 4.99. The van der Waals surface area contributed by atoms with Gasteiger partial charge in [0.25, 0.3) is 5.91 Å². The van der Waals surface area contributed by atoms with Gasteiger partial charge in [0.1, 0.15) is 0 Å². The van der Waals surface area contributed by atoms with Gasteiger partial charge in [-0.2, -0.15) is 5.10 Å². The molecule has 5 heteroatoms. The van der Waals surface area contributed by atoms with Gasteiger partial charge in [-0.25, -0.2) is 5.43 Å². The molecule has 0 unspecified atom stereocenters. The molecular formula is C17H22N4O. The highest BCUT2D eigenvalue weighted by Crippen LogP contribution is 2.13. The lowest BCUT2D eigenvalue weighted by Crippen LogP contribution is -2.18. The molecular weight excluding hydrogens is 276 g/mol. The van der Waals surface area contributed by atoms with Crippen LogP contribution in [-0.2, 0) is 0 Å². The smallest absolute Gasteiger partial charge is 0.271 e. The Hall–Kier alpha value is -2.56. The molecule has 0 radical (unpaired) electrons. The van der Waals surface area contributed by atoms with Crippen molar-refractivity contribution < 1.29 is 4.79 Å². The van der Waals surface area contributed by atoms with Gasteiger partial charge >= 0.3 is 0 Å². The minimum absolute atomic E-state index is 0.219. The first kappa shape index (κ1) is 15.8. The van der Waals surface area contributed by atoms with Gasteiger partial charge < -0.3 is 9.47 Å². The summed E-state index contributed by atoms with van der Waals surface area (Å²) in [6.07, 6.45) is 5.63. The fourth-order valence-corrected chi connectivity index (χ4v) is 1.98. The van der Waals surface area contributed by atoms with Crippen LogP contribution in [0.2, 0.25) is 0 Å². The molecule has 1 amide bonds. The predicted molar refractivity (Wildman–Crippen MR) is 90.6 cm³/mol. The van der Waals surface area contributed by atoms with Crippen molar-refractivity contribution in [2.24, 2.45) is 5.10 Å². The highest BCUT2D eigenvalue weighted by Gasteiger charge is 2.05. The molecule has 1 aromatic heterocycles. The van der Waals surface area contributed by atoms with Crippen molar-refractivity contribution in [1.82, 2.24) is 9.99 Å². The number of rotatable bonds is 5. The van der Waals surface area contributed by atoms with Crippen molar-refractivity contribution in [1.29, 1.82) is 0 Å². The van der Waals surface area contributed by atoms with Crippen LogP contribution in [0.25, 0.3) is 0 Å². The van der Waals surface area contributed by atoms with Gasteiger partial charge in [0.2, 0.25) is 0 Å². The van der Waals surface area contributed by atoms with E-state index < -0.39 is 0 Å². The molecule has 22 heavy (non-hydrogen) atoms. The summed E-state index contributed by atoms with van der Waals surface area (Å²) in [4.78, 5) is 14.0. The second-order valence-electron chi connectivity index (χ2n) is 5.63. The second-order valence-corrected chi connectivity index (χ2v) is 5.63. The van der Waals surface area contributed by atoms with E-state index in [1.165, 1.54) is 0 Å². The molecule has 0 saturated heterocycles. The molecule has 0 spiro atoms. The minimum atomic E-state index is -0.219. The van der Waals surface area contributed by atoms with Crippen LogP contribution in [0.4, 0.5) is 5.69 Å². The number of amides is 1. The fraction of sp³-hybridized carbons (Fsp3) is 0.294. The van der Waals surface area contributed by atoms with E-state index in [4.69, 9.17) is 0 Å². The lowest BCUT2D eigenvalue weighted by molar-refractivity contribution is 0.0955. The summed E-state index contributed by atoms with van der Waals surface area (Å²) in [5.74, 6) is -0.219. The molecule has 1 aromatic carbocycles. The van der Waals surface area contributed by atoms with Crippen LogP contribution in [-0.4, -0.2) is 30.8 Å². The second kappa shape index (κ2) is 6.93. The van der Waals surface area contributed by atoms with Gasteiger partial charge in [-0.05, 0) is 38.1 Å². The zero-order valence-electron chi connectivity index (χ0n) is 13.4. The van der Waals surface area contributed by atoms with Crippen molar-refractivity contribution in [3.8, 4) is 0 Å². The average Bonchev–Trinajstić information content (AvgIpc) is 2.96. The number of hydrazone groups is 1. The van der Waals surface area contributed by atoms with E-state index in [-0.39, 0.29) is 5.91 Å². The summed E-state index contributed by atoms with van der Waals surface area (Å²) in [7, 11) is 3.88. The largest absolute Gasteiger partial charge is 0.378 e. The fourth-order valence-electron chi connectivity index (χ4n) is 1.98. The normalized spacial score (nSPS) is 11.1. The van der Waals surface area contributed by atoms with Gasteiger partial charge in [-0.15, -0.1) is 0 Å². The van der Waals surface area contributed by atoms with Crippen molar-refractivity contribution >= 4 is 17.8 Å². The molecule has 0 aliphatic carbocycles. The molecule has 0 atom stereocenters. The van der Waals surface area contributed by atoms with Gasteiger partial charge in [0, 0.05) is 49.3 Å². The Morgan fingerprint density at radius 3 is 2.73 bits per heavy atom. The molecule has 2 rings (SSSR count). The Morgan fingerprint density at radius 1 is 1.32 bits per heavy atom. The first-order valence-corrected chi connectivity index (χ1v) is 7.25. The number of carbonyl (C=O) groups is 1. The summed E-state index contributed by atoms with van der Waals surface area (Å²) in [5, 5.41) is 4.01. The lowest BCUT2D eigenvalue weighted by Gasteiger charge is -2.12. The predicted octanol–water partition coefficient (Wildman–Crippen LogP) is 2.90. The standard InChI is InChI=1S/C17H22N4O/c1-13(2)21-9-8-14(12-21)11-18-19-17(22)15-6-5-7-16(10-15)20(3)4/h5-13H,1-4H3,(H,19,22)/b18-11-. The quantitative estimate of drug-likeness (QED) is 0.681. The summed E-state index contributed by atoms with van der Waals surface area (Å²) in [6.45, 7) is 4.22. The van der Waals surface area contributed by atoms with Crippen molar-refractivity contribution in [3.63, 3.8) is 0 Å². The van der Waals surface area contributed by atoms with E-state index in [1.54, 1.807) is 12.3 Å². The van der Waals surface area contributed by atoms with Gasteiger partial charge in [0.15, 0.2) is 0 Å². The number of carbonyl (C=O) groups excluding carboxylic acids is 1. The van der Waals surface area contributed by atoms with E-state index in [2.05, 4.69) is 28.9 Å². The number of nitrogens with one attached hydrogen (secondary N) is 1. The molecule has 0 fully saturated rings. The van der Waals surface area contributed by atoms with Crippen molar-refractivity contribution in [3.05, 3.63) is 53.9 Å². The molecule has 116 valence electrons. The minimum Gasteiger partial charge on any atom is -0.378 e. The first-order chi connectivity index (χ1) is 10.5. The third-order valence-electron chi connectivity index (χ3n) is 3.34. The number of nitrogens with zero attached hydrogens (tertiary/aromatic N) is 3. The number of hydrogen-bond acceptors (Lipinski definition) is 3. The zero-order valence-corrected chi connectivity index (χ0v) is 13.4. The topological polar surface area (TPSA) is 49.6 Å². The Labute approximate surface area is 131 Å². The highest BCUT2D eigenvalue weighted by molar-refractivity contribution is 5.95. The maximum Gasteiger partial charge on any atom is 0.271 e. The molecule has 1 heterocycles. The third-order valence-corrected chi connectivity index (χ3v) is 3.34. The van der Waals surface area contributed by atoms with E-state index in [1.807, 2.05) is 55.7 Å². The summed E-state index contributed by atoms with van der Waals surface area (Å²) in [6, 6.07) is 9.78. The van der Waals surface area contributed by atoms with E-state index in [9.17, 15) is 4.79 Å². The first-order valence-electron chi connectivity index (χ1n) is 7.25. The molecule has 1 N–H and O–H groups in total. The van der Waals surface area contributed by atoms with Crippen LogP contribution in [0.15, 0.2) is 47.8 Å². The van der Waals surface area contributed by atoms with Gasteiger partial charge in [-0.3, -0.25) is 4.79 Å². The van der Waals surface area contributed by atoms with E-state index in [0.29, 0.717) is 11.6 Å².